The van der Waals surface area contributed by atoms with Crippen molar-refractivity contribution in [3.8, 4) is 0 Å². The van der Waals surface area contributed by atoms with Gasteiger partial charge in [-0.15, -0.1) is 10.2 Å². The zero-order valence-electron chi connectivity index (χ0n) is 7.96. The summed E-state index contributed by atoms with van der Waals surface area (Å²) in [7, 11) is 0. The highest BCUT2D eigenvalue weighted by atomic mass is 19.4. The van der Waals surface area contributed by atoms with Gasteiger partial charge in [0.1, 0.15) is 11.6 Å². The first-order valence-corrected chi connectivity index (χ1v) is 4.70. The van der Waals surface area contributed by atoms with E-state index in [4.69, 9.17) is 5.73 Å². The van der Waals surface area contributed by atoms with E-state index in [-0.39, 0.29) is 19.4 Å². The Kier molecular flexibility index (Phi) is 2.41. The fourth-order valence-electron chi connectivity index (χ4n) is 1.82. The lowest BCUT2D eigenvalue weighted by molar-refractivity contribution is -0.179. The van der Waals surface area contributed by atoms with Crippen molar-refractivity contribution in [1.29, 1.82) is 0 Å². The average Bonchev–Trinajstić information content (AvgIpc) is 2.58. The Balaban J connectivity index is 2.21. The number of hydrogen-bond donors (Lipinski definition) is 1. The molecule has 4 nitrogen and oxygen atoms in total. The number of hydrogen-bond acceptors (Lipinski definition) is 3. The molecule has 0 spiro atoms. The molecule has 15 heavy (non-hydrogen) atoms. The van der Waals surface area contributed by atoms with Gasteiger partial charge in [-0.05, 0) is 6.42 Å². The van der Waals surface area contributed by atoms with E-state index >= 15 is 0 Å². The third-order valence-corrected chi connectivity index (χ3v) is 2.68. The Morgan fingerprint density at radius 3 is 2.73 bits per heavy atom. The highest BCUT2D eigenvalue weighted by molar-refractivity contribution is 5.01. The summed E-state index contributed by atoms with van der Waals surface area (Å²) in [6.45, 7) is 0.517. The molecule has 1 atom stereocenters. The third kappa shape index (κ3) is 1.83. The van der Waals surface area contributed by atoms with Crippen LogP contribution in [0.1, 0.15) is 18.1 Å². The molecule has 2 rings (SSSR count). The summed E-state index contributed by atoms with van der Waals surface area (Å²) in [6.07, 6.45) is -4.14. The van der Waals surface area contributed by atoms with Crippen molar-refractivity contribution < 1.29 is 13.2 Å². The van der Waals surface area contributed by atoms with Gasteiger partial charge >= 0.3 is 6.18 Å². The summed E-state index contributed by atoms with van der Waals surface area (Å²) in [5.41, 5.74) is 5.39. The van der Waals surface area contributed by atoms with Crippen LogP contribution < -0.4 is 5.73 Å². The van der Waals surface area contributed by atoms with E-state index in [1.165, 1.54) is 0 Å². The van der Waals surface area contributed by atoms with Gasteiger partial charge in [-0.3, -0.25) is 0 Å². The largest absolute Gasteiger partial charge is 0.392 e. The van der Waals surface area contributed by atoms with Gasteiger partial charge in [-0.2, -0.15) is 13.2 Å². The van der Waals surface area contributed by atoms with Gasteiger partial charge in [-0.25, -0.2) is 0 Å². The molecule has 0 saturated carbocycles. The molecular formula is C8H11F3N4. The zero-order valence-corrected chi connectivity index (χ0v) is 7.96. The summed E-state index contributed by atoms with van der Waals surface area (Å²) in [6, 6.07) is 0. The molecule has 1 unspecified atom stereocenters. The van der Waals surface area contributed by atoms with E-state index in [0.717, 1.165) is 0 Å². The second kappa shape index (κ2) is 3.48. The van der Waals surface area contributed by atoms with E-state index in [0.29, 0.717) is 18.2 Å². The maximum absolute atomic E-state index is 12.4. The fourth-order valence-corrected chi connectivity index (χ4v) is 1.82. The Hall–Kier alpha value is -1.11. The average molecular weight is 220 g/mol. The lowest BCUT2D eigenvalue weighted by atomic mass is 9.97. The van der Waals surface area contributed by atoms with Crippen molar-refractivity contribution in [1.82, 2.24) is 14.8 Å². The van der Waals surface area contributed by atoms with Crippen LogP contribution in [0, 0.1) is 5.92 Å². The second-order valence-electron chi connectivity index (χ2n) is 3.62. The molecule has 2 heterocycles. The van der Waals surface area contributed by atoms with E-state index in [2.05, 4.69) is 10.2 Å². The quantitative estimate of drug-likeness (QED) is 0.763. The minimum absolute atomic E-state index is 0.0849. The topological polar surface area (TPSA) is 56.7 Å². The summed E-state index contributed by atoms with van der Waals surface area (Å²) in [5.74, 6) is -0.338. The fraction of sp³-hybridized carbons (Fsp3) is 0.750. The number of halogens is 3. The number of fused-ring (bicyclic) bond motifs is 1. The Morgan fingerprint density at radius 1 is 1.40 bits per heavy atom. The van der Waals surface area contributed by atoms with E-state index < -0.39 is 12.1 Å². The Bertz CT molecular complexity index is 357. The predicted molar refractivity (Wildman–Crippen MR) is 45.8 cm³/mol. The number of aromatic nitrogens is 3. The highest BCUT2D eigenvalue weighted by Crippen LogP contribution is 2.34. The molecule has 1 aromatic heterocycles. The molecule has 2 N–H and O–H groups in total. The number of alkyl halides is 3. The molecule has 1 aliphatic heterocycles. The van der Waals surface area contributed by atoms with Crippen molar-refractivity contribution in [3.63, 3.8) is 0 Å². The lowest BCUT2D eigenvalue weighted by Crippen LogP contribution is -2.31. The second-order valence-corrected chi connectivity index (χ2v) is 3.62. The Labute approximate surface area is 84.3 Å². The van der Waals surface area contributed by atoms with Crippen molar-refractivity contribution in [2.45, 2.75) is 32.1 Å². The van der Waals surface area contributed by atoms with Crippen LogP contribution in [0.4, 0.5) is 13.2 Å². The van der Waals surface area contributed by atoms with Gasteiger partial charge in [0.15, 0.2) is 0 Å². The van der Waals surface area contributed by atoms with Crippen LogP contribution in [-0.4, -0.2) is 20.9 Å². The Morgan fingerprint density at radius 2 is 2.13 bits per heavy atom. The van der Waals surface area contributed by atoms with E-state index in [1.54, 1.807) is 4.57 Å². The molecule has 84 valence electrons. The maximum Gasteiger partial charge on any atom is 0.392 e. The predicted octanol–water partition coefficient (Wildman–Crippen LogP) is 0.861. The molecule has 1 aliphatic rings. The summed E-state index contributed by atoms with van der Waals surface area (Å²) in [5, 5.41) is 7.48. The number of nitrogens with two attached hydrogens (primary N) is 1. The van der Waals surface area contributed by atoms with Crippen LogP contribution >= 0.6 is 0 Å². The minimum atomic E-state index is -4.14. The smallest absolute Gasteiger partial charge is 0.324 e. The molecule has 0 amide bonds. The molecule has 0 radical (unpaired) electrons. The molecule has 0 fully saturated rings. The third-order valence-electron chi connectivity index (χ3n) is 2.68. The summed E-state index contributed by atoms with van der Waals surface area (Å²) < 4.78 is 39.0. The van der Waals surface area contributed by atoms with Crippen LogP contribution in [0.5, 0.6) is 0 Å². The zero-order chi connectivity index (χ0) is 11.1. The molecular weight excluding hydrogens is 209 g/mol. The lowest BCUT2D eigenvalue weighted by Gasteiger charge is -2.25. The van der Waals surface area contributed by atoms with Crippen LogP contribution in [0.3, 0.4) is 0 Å². The van der Waals surface area contributed by atoms with Gasteiger partial charge in [0.25, 0.3) is 0 Å². The molecule has 0 aromatic carbocycles. The van der Waals surface area contributed by atoms with Crippen molar-refractivity contribution in [2.75, 3.05) is 0 Å². The van der Waals surface area contributed by atoms with Crippen molar-refractivity contribution in [3.05, 3.63) is 11.6 Å². The molecule has 7 heteroatoms. The molecule has 1 aromatic rings. The molecule has 0 bridgehead atoms. The monoisotopic (exact) mass is 220 g/mol. The summed E-state index contributed by atoms with van der Waals surface area (Å²) >= 11 is 0. The van der Waals surface area contributed by atoms with E-state index in [1.807, 2.05) is 0 Å². The van der Waals surface area contributed by atoms with Crippen LogP contribution in [0.2, 0.25) is 0 Å². The SMILES string of the molecule is NCc1nnc2n1CCC(C(F)(F)F)C2. The number of rotatable bonds is 1. The van der Waals surface area contributed by atoms with Crippen LogP contribution in [0.25, 0.3) is 0 Å². The minimum Gasteiger partial charge on any atom is -0.324 e. The molecule has 0 aliphatic carbocycles. The first-order chi connectivity index (χ1) is 7.02. The van der Waals surface area contributed by atoms with E-state index in [9.17, 15) is 13.2 Å². The van der Waals surface area contributed by atoms with Gasteiger partial charge in [0, 0.05) is 13.0 Å². The standard InChI is InChI=1S/C8H11F3N4/c9-8(10,11)5-1-2-15-6(3-5)13-14-7(15)4-12/h5H,1-4,12H2. The first kappa shape index (κ1) is 10.4. The van der Waals surface area contributed by atoms with Crippen LogP contribution in [-0.2, 0) is 19.5 Å². The highest BCUT2D eigenvalue weighted by Gasteiger charge is 2.42. The first-order valence-electron chi connectivity index (χ1n) is 4.70. The maximum atomic E-state index is 12.4. The van der Waals surface area contributed by atoms with Gasteiger partial charge < -0.3 is 10.3 Å². The normalized spacial score (nSPS) is 21.5. The van der Waals surface area contributed by atoms with Crippen molar-refractivity contribution >= 4 is 0 Å². The van der Waals surface area contributed by atoms with Crippen molar-refractivity contribution in [2.24, 2.45) is 11.7 Å². The van der Waals surface area contributed by atoms with Gasteiger partial charge in [0.05, 0.1) is 12.5 Å². The number of nitrogens with zero attached hydrogens (tertiary/aromatic N) is 3. The van der Waals surface area contributed by atoms with Gasteiger partial charge in [-0.1, -0.05) is 0 Å². The molecule has 0 saturated heterocycles. The summed E-state index contributed by atoms with van der Waals surface area (Å²) in [4.78, 5) is 0. The van der Waals surface area contributed by atoms with Gasteiger partial charge in [0.2, 0.25) is 0 Å². The van der Waals surface area contributed by atoms with Crippen LogP contribution in [0.15, 0.2) is 0 Å².